The number of halogens is 2. The fraction of sp³-hybridized carbons (Fsp3) is 0.455. The molecule has 42 heavy (non-hydrogen) atoms. The van der Waals surface area contributed by atoms with Crippen LogP contribution < -0.4 is 10.3 Å². The van der Waals surface area contributed by atoms with E-state index in [9.17, 15) is 29.7 Å². The first-order valence-corrected chi connectivity index (χ1v) is 14.6. The van der Waals surface area contributed by atoms with Crippen molar-refractivity contribution in [3.05, 3.63) is 51.5 Å². The first-order chi connectivity index (χ1) is 19.9. The molecule has 1 aliphatic rings. The molecule has 0 amide bonds. The number of benzene rings is 1. The molecule has 0 radical (unpaired) electrons. The number of ether oxygens (including phenoxy) is 2. The van der Waals surface area contributed by atoms with Gasteiger partial charge in [-0.1, -0.05) is 35.0 Å². The van der Waals surface area contributed by atoms with Gasteiger partial charge in [0.2, 0.25) is 5.28 Å². The van der Waals surface area contributed by atoms with Gasteiger partial charge in [0.15, 0.2) is 23.2 Å². The Morgan fingerprint density at radius 3 is 2.62 bits per heavy atom. The molecule has 1 unspecified atom stereocenters. The second-order valence-electron chi connectivity index (χ2n) is 9.23. The molecule has 3 heterocycles. The quantitative estimate of drug-likeness (QED) is 0.0567. The lowest BCUT2D eigenvalue weighted by atomic mass is 10.1. The van der Waals surface area contributed by atoms with Crippen molar-refractivity contribution in [3.63, 3.8) is 0 Å². The molecule has 0 spiro atoms. The summed E-state index contributed by atoms with van der Waals surface area (Å²) in [6.45, 7) is 3.67. The molecule has 0 aliphatic carbocycles. The van der Waals surface area contributed by atoms with E-state index in [4.69, 9.17) is 32.7 Å². The van der Waals surface area contributed by atoms with E-state index < -0.39 is 57.1 Å². The maximum Gasteiger partial charge on any atom is 0.359 e. The van der Waals surface area contributed by atoms with Crippen molar-refractivity contribution in [2.75, 3.05) is 23.5 Å². The third-order valence-corrected chi connectivity index (χ3v) is 8.59. The van der Waals surface area contributed by atoms with E-state index in [-0.39, 0.29) is 16.9 Å². The van der Waals surface area contributed by atoms with Gasteiger partial charge in [0, 0.05) is 23.8 Å². The molecule has 3 aromatic rings. The molecule has 5 atom stereocenters. The number of anilines is 2. The molecule has 7 N–H and O–H groups in total. The molecule has 4 rings (SSSR count). The number of nitrogens with one attached hydrogen (secondary N) is 2. The molecule has 17 nitrogen and oxygen atoms in total. The van der Waals surface area contributed by atoms with Crippen molar-refractivity contribution in [3.8, 4) is 0 Å². The summed E-state index contributed by atoms with van der Waals surface area (Å²) in [4.78, 5) is 28.4. The van der Waals surface area contributed by atoms with Crippen LogP contribution in [0.1, 0.15) is 17.0 Å². The summed E-state index contributed by atoms with van der Waals surface area (Å²) in [6, 6.07) is 7.21. The number of hydrazone groups is 1. The maximum atomic E-state index is 12.3. The SMILES string of the molecule is C=NN(c1nc(Cl)nc(NCc2ccccc2Cl)c1C)[C@@H]1O[C@H](COC(CO)(Cc2nn[nH]n2)P(=O)(O)O)[C@@H](O)[C@H]1O. The number of aliphatic hydroxyl groups is 3. The third-order valence-electron chi connectivity index (χ3n) is 6.56. The Morgan fingerprint density at radius 2 is 2.00 bits per heavy atom. The Morgan fingerprint density at radius 1 is 1.26 bits per heavy atom. The Bertz CT molecular complexity index is 1430. The zero-order chi connectivity index (χ0) is 30.7. The first kappa shape index (κ1) is 32.1. The topological polar surface area (TPSA) is 245 Å². The number of H-pyrrole nitrogens is 1. The Kier molecular flexibility index (Phi) is 10.1. The molecular formula is C22H28Cl2N9O8P. The third kappa shape index (κ3) is 6.70. The van der Waals surface area contributed by atoms with E-state index in [0.717, 1.165) is 10.6 Å². The highest BCUT2D eigenvalue weighted by molar-refractivity contribution is 7.53. The zero-order valence-corrected chi connectivity index (χ0v) is 24.4. The fourth-order valence-electron chi connectivity index (χ4n) is 4.20. The van der Waals surface area contributed by atoms with Crippen LogP contribution >= 0.6 is 30.8 Å². The number of aromatic amines is 1. The fourth-order valence-corrected chi connectivity index (χ4v) is 5.35. The van der Waals surface area contributed by atoms with Crippen LogP contribution in [0.3, 0.4) is 0 Å². The summed E-state index contributed by atoms with van der Waals surface area (Å²) in [7, 11) is -5.16. The number of nitrogens with zero attached hydrogens (tertiary/aromatic N) is 7. The van der Waals surface area contributed by atoms with Gasteiger partial charge < -0.3 is 39.9 Å². The minimum Gasteiger partial charge on any atom is -0.393 e. The Balaban J connectivity index is 1.54. The van der Waals surface area contributed by atoms with Crippen molar-refractivity contribution in [2.24, 2.45) is 5.10 Å². The maximum absolute atomic E-state index is 12.3. The number of aromatic nitrogens is 6. The second kappa shape index (κ2) is 13.2. The summed E-state index contributed by atoms with van der Waals surface area (Å²) in [5.41, 5.74) is 1.23. The average molecular weight is 648 g/mol. The van der Waals surface area contributed by atoms with Crippen molar-refractivity contribution >= 4 is 49.2 Å². The van der Waals surface area contributed by atoms with Gasteiger partial charge in [0.05, 0.1) is 19.6 Å². The summed E-state index contributed by atoms with van der Waals surface area (Å²) in [5.74, 6) is 0.263. The molecule has 228 valence electrons. The first-order valence-electron chi connectivity index (χ1n) is 12.2. The highest BCUT2D eigenvalue weighted by Gasteiger charge is 2.52. The minimum atomic E-state index is -5.16. The van der Waals surface area contributed by atoms with Gasteiger partial charge in [0.1, 0.15) is 24.1 Å². The van der Waals surface area contributed by atoms with Gasteiger partial charge in [-0.25, -0.2) is 9.99 Å². The lowest BCUT2D eigenvalue weighted by Crippen LogP contribution is -2.44. The van der Waals surface area contributed by atoms with E-state index >= 15 is 0 Å². The normalized spacial score (nSPS) is 22.1. The molecule has 1 aliphatic heterocycles. The second-order valence-corrected chi connectivity index (χ2v) is 11.9. The Labute approximate surface area is 248 Å². The number of tetrazole rings is 1. The van der Waals surface area contributed by atoms with Crippen LogP contribution in [0.2, 0.25) is 10.3 Å². The molecule has 1 fully saturated rings. The van der Waals surface area contributed by atoms with Crippen molar-refractivity contribution in [1.29, 1.82) is 0 Å². The van der Waals surface area contributed by atoms with E-state index in [1.807, 2.05) is 12.1 Å². The largest absolute Gasteiger partial charge is 0.393 e. The summed E-state index contributed by atoms with van der Waals surface area (Å²) >= 11 is 12.4. The van der Waals surface area contributed by atoms with Gasteiger partial charge in [-0.2, -0.15) is 15.3 Å². The van der Waals surface area contributed by atoms with Gasteiger partial charge in [-0.15, -0.1) is 10.2 Å². The number of rotatable bonds is 13. The van der Waals surface area contributed by atoms with Gasteiger partial charge in [-0.05, 0) is 30.2 Å². The lowest BCUT2D eigenvalue weighted by Gasteiger charge is -2.32. The van der Waals surface area contributed by atoms with Crippen LogP contribution in [0.4, 0.5) is 11.6 Å². The molecule has 0 bridgehead atoms. The van der Waals surface area contributed by atoms with Crippen molar-refractivity contribution in [1.82, 2.24) is 30.6 Å². The molecule has 1 saturated heterocycles. The predicted octanol–water partition coefficient (Wildman–Crippen LogP) is 0.211. The molecule has 1 aromatic carbocycles. The average Bonchev–Trinajstić information content (AvgIpc) is 3.56. The smallest absolute Gasteiger partial charge is 0.359 e. The molecule has 2 aromatic heterocycles. The summed E-state index contributed by atoms with van der Waals surface area (Å²) in [5, 5.41) is 50.3. The van der Waals surface area contributed by atoms with E-state index in [1.54, 1.807) is 19.1 Å². The van der Waals surface area contributed by atoms with Crippen molar-refractivity contribution in [2.45, 2.75) is 49.8 Å². The van der Waals surface area contributed by atoms with Crippen LogP contribution in [-0.2, 0) is 27.0 Å². The van der Waals surface area contributed by atoms with E-state index in [1.165, 1.54) is 0 Å². The summed E-state index contributed by atoms with van der Waals surface area (Å²) < 4.78 is 23.6. The standard InChI is InChI=1S/C22H28Cl2N9O8P/c1-11-18(26-8-12-5-3-4-6-13(12)23)27-21(24)28-19(11)33(25-2)20-17(36)16(35)14(41-20)9-40-22(10-34,42(37,38)39)7-15-29-31-32-30-15/h3-6,14,16-17,20,34-36H,2,7-10H2,1H3,(H,26,27,28)(H2,37,38,39)(H,29,30,31,32)/t14-,16-,17-,20-,22?/m1/s1. The van der Waals surface area contributed by atoms with Gasteiger partial charge >= 0.3 is 7.60 Å². The highest BCUT2D eigenvalue weighted by atomic mass is 35.5. The molecule has 0 saturated carbocycles. The number of hydrogen-bond donors (Lipinski definition) is 7. The number of hydrogen-bond acceptors (Lipinski definition) is 14. The van der Waals surface area contributed by atoms with E-state index in [2.05, 4.69) is 47.7 Å². The van der Waals surface area contributed by atoms with Crippen LogP contribution in [-0.4, -0.2) is 106 Å². The number of aliphatic hydroxyl groups excluding tert-OH is 3. The predicted molar refractivity (Wildman–Crippen MR) is 149 cm³/mol. The van der Waals surface area contributed by atoms with Gasteiger partial charge in [-0.3, -0.25) is 4.57 Å². The van der Waals surface area contributed by atoms with Crippen LogP contribution in [0.25, 0.3) is 0 Å². The summed E-state index contributed by atoms with van der Waals surface area (Å²) in [6.07, 6.45) is -6.59. The lowest BCUT2D eigenvalue weighted by molar-refractivity contribution is -0.0993. The van der Waals surface area contributed by atoms with Crippen LogP contribution in [0.5, 0.6) is 0 Å². The van der Waals surface area contributed by atoms with Gasteiger partial charge in [0.25, 0.3) is 0 Å². The monoisotopic (exact) mass is 647 g/mol. The molecule has 20 heteroatoms. The van der Waals surface area contributed by atoms with Crippen LogP contribution in [0, 0.1) is 6.92 Å². The zero-order valence-electron chi connectivity index (χ0n) is 21.9. The minimum absolute atomic E-state index is 0.0847. The van der Waals surface area contributed by atoms with Crippen LogP contribution in [0.15, 0.2) is 29.4 Å². The highest BCUT2D eigenvalue weighted by Crippen LogP contribution is 2.52. The Hall–Kier alpha value is -2.83. The van der Waals surface area contributed by atoms with E-state index in [0.29, 0.717) is 22.9 Å². The van der Waals surface area contributed by atoms with Crippen molar-refractivity contribution < 1.29 is 39.1 Å². The molecular weight excluding hydrogens is 620 g/mol.